The number of aliphatic hydroxyl groups is 1. The lowest BCUT2D eigenvalue weighted by Gasteiger charge is -2.36. The summed E-state index contributed by atoms with van der Waals surface area (Å²) in [6.07, 6.45) is 0.0748. The third-order valence-corrected chi connectivity index (χ3v) is 8.71. The van der Waals surface area contributed by atoms with Crippen LogP contribution in [0.5, 0.6) is 0 Å². The van der Waals surface area contributed by atoms with Crippen LogP contribution in [0.25, 0.3) is 0 Å². The van der Waals surface area contributed by atoms with E-state index in [2.05, 4.69) is 65.0 Å². The molecule has 1 N–H and O–H groups in total. The van der Waals surface area contributed by atoms with E-state index >= 15 is 0 Å². The summed E-state index contributed by atoms with van der Waals surface area (Å²) in [5.74, 6) is 2.95. The Hall–Kier alpha value is -0.0862. The van der Waals surface area contributed by atoms with Gasteiger partial charge in [0.2, 0.25) is 0 Å². The molecule has 0 aromatic carbocycles. The van der Waals surface area contributed by atoms with Crippen LogP contribution in [-0.2, 0) is 4.43 Å². The third-order valence-electron chi connectivity index (χ3n) is 3.27. The van der Waals surface area contributed by atoms with Gasteiger partial charge in [0.25, 0.3) is 0 Å². The van der Waals surface area contributed by atoms with Crippen molar-refractivity contribution in [3.63, 3.8) is 0 Å². The summed E-state index contributed by atoms with van der Waals surface area (Å²) in [6, 6.07) is 0. The Kier molecular flexibility index (Phi) is 6.35. The van der Waals surface area contributed by atoms with Crippen LogP contribution in [-0.4, -0.2) is 34.2 Å². The zero-order chi connectivity index (χ0) is 14.6. The summed E-state index contributed by atoms with van der Waals surface area (Å²) in [4.78, 5) is 0. The van der Waals surface area contributed by atoms with Crippen molar-refractivity contribution >= 4 is 16.4 Å². The molecule has 106 valence electrons. The van der Waals surface area contributed by atoms with Crippen molar-refractivity contribution in [3.05, 3.63) is 0 Å². The van der Waals surface area contributed by atoms with Gasteiger partial charge in [-0.15, -0.1) is 5.54 Å². The first-order valence-corrected chi connectivity index (χ1v) is 13.1. The fraction of sp³-hybridized carbons (Fsp3) is 0.857. The summed E-state index contributed by atoms with van der Waals surface area (Å²) in [5.41, 5.74) is 3.19. The van der Waals surface area contributed by atoms with Gasteiger partial charge in [0.15, 0.2) is 8.32 Å². The van der Waals surface area contributed by atoms with Gasteiger partial charge in [-0.25, -0.2) is 0 Å². The second-order valence-electron chi connectivity index (χ2n) is 7.43. The van der Waals surface area contributed by atoms with Gasteiger partial charge in [0, 0.05) is 13.0 Å². The molecular formula is C14H30O2Si2. The largest absolute Gasteiger partial charge is 0.417 e. The molecule has 0 unspecified atom stereocenters. The molecular weight excluding hydrogens is 256 g/mol. The number of rotatable bonds is 4. The highest BCUT2D eigenvalue weighted by Gasteiger charge is 2.36. The predicted molar refractivity (Wildman–Crippen MR) is 84.9 cm³/mol. The first-order valence-electron chi connectivity index (χ1n) is 6.70. The standard InChI is InChI=1S/C14H30O2Si2/c1-14(2,3)18(7,8)16-11-9-13(15)10-12-17(4,5)6/h13,15H,9,11H2,1-8H3/t13-/m1/s1. The third kappa shape index (κ3) is 7.37. The highest BCUT2D eigenvalue weighted by atomic mass is 28.4. The molecule has 2 nitrogen and oxygen atoms in total. The molecule has 1 atom stereocenters. The summed E-state index contributed by atoms with van der Waals surface area (Å²) in [5, 5.41) is 10.0. The van der Waals surface area contributed by atoms with Crippen LogP contribution in [0, 0.1) is 11.5 Å². The van der Waals surface area contributed by atoms with Crippen LogP contribution in [0.1, 0.15) is 27.2 Å². The molecule has 0 heterocycles. The van der Waals surface area contributed by atoms with Gasteiger partial charge < -0.3 is 9.53 Å². The predicted octanol–water partition coefficient (Wildman–Crippen LogP) is 3.64. The van der Waals surface area contributed by atoms with Crippen LogP contribution < -0.4 is 0 Å². The molecule has 0 saturated carbocycles. The van der Waals surface area contributed by atoms with Crippen molar-refractivity contribution in [3.8, 4) is 11.5 Å². The van der Waals surface area contributed by atoms with Gasteiger partial charge in [0.1, 0.15) is 14.2 Å². The van der Waals surface area contributed by atoms with Crippen LogP contribution in [0.3, 0.4) is 0 Å². The minimum atomic E-state index is -1.68. The summed E-state index contributed by atoms with van der Waals surface area (Å²) in [6.45, 7) is 18.3. The molecule has 0 aliphatic carbocycles. The first kappa shape index (κ1) is 17.9. The lowest BCUT2D eigenvalue weighted by atomic mass is 10.2. The van der Waals surface area contributed by atoms with E-state index in [-0.39, 0.29) is 5.04 Å². The van der Waals surface area contributed by atoms with Crippen molar-refractivity contribution in [2.45, 2.75) is 71.1 Å². The topological polar surface area (TPSA) is 29.5 Å². The van der Waals surface area contributed by atoms with E-state index in [1.165, 1.54) is 0 Å². The van der Waals surface area contributed by atoms with E-state index in [0.717, 1.165) is 0 Å². The SMILES string of the molecule is CC(C)(C)[Si](C)(C)OCC[C@@H](O)C#C[Si](C)(C)C. The highest BCUT2D eigenvalue weighted by Crippen LogP contribution is 2.36. The molecule has 0 radical (unpaired) electrons. The van der Waals surface area contributed by atoms with Gasteiger partial charge in [-0.1, -0.05) is 46.3 Å². The average molecular weight is 287 g/mol. The van der Waals surface area contributed by atoms with Crippen molar-refractivity contribution in [2.24, 2.45) is 0 Å². The summed E-state index contributed by atoms with van der Waals surface area (Å²) < 4.78 is 6.02. The van der Waals surface area contributed by atoms with Crippen LogP contribution in [0.4, 0.5) is 0 Å². The molecule has 0 aliphatic rings. The van der Waals surface area contributed by atoms with Crippen LogP contribution in [0.2, 0.25) is 37.8 Å². The molecule has 0 saturated heterocycles. The number of hydrogen-bond donors (Lipinski definition) is 1. The van der Waals surface area contributed by atoms with E-state index in [9.17, 15) is 5.11 Å². The summed E-state index contributed by atoms with van der Waals surface area (Å²) in [7, 11) is -3.06. The smallest absolute Gasteiger partial charge is 0.191 e. The lowest BCUT2D eigenvalue weighted by molar-refractivity contribution is 0.179. The Morgan fingerprint density at radius 3 is 2.00 bits per heavy atom. The maximum Gasteiger partial charge on any atom is 0.191 e. The molecule has 0 aromatic rings. The van der Waals surface area contributed by atoms with Gasteiger partial charge in [-0.05, 0) is 18.1 Å². The molecule has 0 amide bonds. The van der Waals surface area contributed by atoms with Gasteiger partial charge in [-0.2, -0.15) is 0 Å². The van der Waals surface area contributed by atoms with E-state index < -0.39 is 22.5 Å². The number of hydrogen-bond acceptors (Lipinski definition) is 2. The van der Waals surface area contributed by atoms with Gasteiger partial charge in [0.05, 0.1) is 0 Å². The van der Waals surface area contributed by atoms with Crippen molar-refractivity contribution < 1.29 is 9.53 Å². The average Bonchev–Trinajstić information content (AvgIpc) is 2.11. The summed E-state index contributed by atoms with van der Waals surface area (Å²) >= 11 is 0. The molecule has 0 fully saturated rings. The van der Waals surface area contributed by atoms with E-state index in [0.29, 0.717) is 13.0 Å². The van der Waals surface area contributed by atoms with E-state index in [1.54, 1.807) is 0 Å². The molecule has 0 aliphatic heterocycles. The molecule has 18 heavy (non-hydrogen) atoms. The Labute approximate surface area is 115 Å². The van der Waals surface area contributed by atoms with Gasteiger partial charge >= 0.3 is 0 Å². The number of aliphatic hydroxyl groups excluding tert-OH is 1. The zero-order valence-electron chi connectivity index (χ0n) is 13.3. The minimum Gasteiger partial charge on any atom is -0.417 e. The fourth-order valence-electron chi connectivity index (χ4n) is 1.01. The normalized spacial score (nSPS) is 14.9. The van der Waals surface area contributed by atoms with E-state index in [4.69, 9.17) is 4.43 Å². The quantitative estimate of drug-likeness (QED) is 0.631. The van der Waals surface area contributed by atoms with Gasteiger partial charge in [-0.3, -0.25) is 0 Å². The Morgan fingerprint density at radius 1 is 1.11 bits per heavy atom. The van der Waals surface area contributed by atoms with Crippen LogP contribution >= 0.6 is 0 Å². The Bertz CT molecular complexity index is 313. The molecule has 0 aromatic heterocycles. The van der Waals surface area contributed by atoms with Crippen molar-refractivity contribution in [1.29, 1.82) is 0 Å². The van der Waals surface area contributed by atoms with Crippen LogP contribution in [0.15, 0.2) is 0 Å². The second kappa shape index (κ2) is 6.38. The monoisotopic (exact) mass is 286 g/mol. The lowest BCUT2D eigenvalue weighted by Crippen LogP contribution is -2.41. The molecule has 0 bridgehead atoms. The molecule has 0 rings (SSSR count). The second-order valence-corrected chi connectivity index (χ2v) is 17.0. The van der Waals surface area contributed by atoms with Crippen molar-refractivity contribution in [2.75, 3.05) is 6.61 Å². The van der Waals surface area contributed by atoms with E-state index in [1.807, 2.05) is 0 Å². The fourth-order valence-corrected chi connectivity index (χ4v) is 2.67. The maximum atomic E-state index is 9.80. The minimum absolute atomic E-state index is 0.224. The molecule has 4 heteroatoms. The Morgan fingerprint density at radius 2 is 1.61 bits per heavy atom. The van der Waals surface area contributed by atoms with Crippen molar-refractivity contribution in [1.82, 2.24) is 0 Å². The first-order chi connectivity index (χ1) is 7.85. The zero-order valence-corrected chi connectivity index (χ0v) is 15.3. The Balaban J connectivity index is 4.17. The highest BCUT2D eigenvalue weighted by molar-refractivity contribution is 6.83. The molecule has 0 spiro atoms. The maximum absolute atomic E-state index is 9.80.